The van der Waals surface area contributed by atoms with Crippen LogP contribution in [0.5, 0.6) is 0 Å². The zero-order chi connectivity index (χ0) is 19.4. The Bertz CT molecular complexity index is 715. The number of amides is 3. The summed E-state index contributed by atoms with van der Waals surface area (Å²) in [6.07, 6.45) is 2.00. The molecule has 2 fully saturated rings. The van der Waals surface area contributed by atoms with Crippen molar-refractivity contribution < 1.29 is 14.4 Å². The number of nitrogens with one attached hydrogen (secondary N) is 1. The molecule has 8 heteroatoms. The molecule has 0 bridgehead atoms. The highest BCUT2D eigenvalue weighted by molar-refractivity contribution is 6.30. The summed E-state index contributed by atoms with van der Waals surface area (Å²) in [5.41, 5.74) is 0.628. The van der Waals surface area contributed by atoms with Crippen LogP contribution in [-0.4, -0.2) is 78.7 Å². The summed E-state index contributed by atoms with van der Waals surface area (Å²) in [4.78, 5) is 41.9. The highest BCUT2D eigenvalue weighted by Gasteiger charge is 2.35. The van der Waals surface area contributed by atoms with Crippen molar-refractivity contribution in [1.29, 1.82) is 0 Å². The number of piperazine rings is 1. The van der Waals surface area contributed by atoms with Gasteiger partial charge >= 0.3 is 0 Å². The second kappa shape index (κ2) is 8.71. The molecular weight excluding hydrogens is 368 g/mol. The van der Waals surface area contributed by atoms with Crippen LogP contribution in [0.15, 0.2) is 24.3 Å². The number of likely N-dealkylation sites (N-methyl/N-ethyl adjacent to an activating group) is 1. The maximum Gasteiger partial charge on any atom is 0.238 e. The molecule has 146 valence electrons. The summed E-state index contributed by atoms with van der Waals surface area (Å²) in [6.45, 7) is 2.58. The maximum atomic E-state index is 12.4. The van der Waals surface area contributed by atoms with E-state index in [2.05, 4.69) is 5.32 Å². The SMILES string of the molecule is CN(CC(=O)Nc1cccc(Cl)c1)CC(=O)N1CCN(C(=O)C2CC2)CC1. The third kappa shape index (κ3) is 5.68. The first-order chi connectivity index (χ1) is 12.9. The van der Waals surface area contributed by atoms with Gasteiger partial charge in [0.2, 0.25) is 17.7 Å². The van der Waals surface area contributed by atoms with E-state index < -0.39 is 0 Å². The Morgan fingerprint density at radius 1 is 1.11 bits per heavy atom. The number of benzene rings is 1. The van der Waals surface area contributed by atoms with Gasteiger partial charge in [0.15, 0.2) is 0 Å². The van der Waals surface area contributed by atoms with Crippen molar-refractivity contribution in [2.45, 2.75) is 12.8 Å². The Labute approximate surface area is 164 Å². The van der Waals surface area contributed by atoms with Gasteiger partial charge in [0.05, 0.1) is 13.1 Å². The van der Waals surface area contributed by atoms with Gasteiger partial charge in [-0.2, -0.15) is 0 Å². The Kier molecular flexibility index (Phi) is 6.34. The molecule has 0 spiro atoms. The van der Waals surface area contributed by atoms with Gasteiger partial charge in [0.25, 0.3) is 0 Å². The van der Waals surface area contributed by atoms with E-state index in [0.29, 0.717) is 36.9 Å². The van der Waals surface area contributed by atoms with Crippen LogP contribution in [0.4, 0.5) is 5.69 Å². The van der Waals surface area contributed by atoms with Gasteiger partial charge < -0.3 is 15.1 Å². The molecule has 1 aliphatic carbocycles. The lowest BCUT2D eigenvalue weighted by Crippen LogP contribution is -2.53. The van der Waals surface area contributed by atoms with Crippen LogP contribution in [0.25, 0.3) is 0 Å². The van der Waals surface area contributed by atoms with Gasteiger partial charge in [-0.25, -0.2) is 0 Å². The molecule has 1 saturated carbocycles. The Hall–Kier alpha value is -2.12. The van der Waals surface area contributed by atoms with Crippen LogP contribution in [0.3, 0.4) is 0 Å². The molecule has 1 aliphatic heterocycles. The summed E-state index contributed by atoms with van der Waals surface area (Å²) in [7, 11) is 1.74. The molecule has 3 rings (SSSR count). The Morgan fingerprint density at radius 3 is 2.41 bits per heavy atom. The van der Waals surface area contributed by atoms with E-state index in [9.17, 15) is 14.4 Å². The molecule has 0 radical (unpaired) electrons. The third-order valence-electron chi connectivity index (χ3n) is 4.80. The molecular formula is C19H25ClN4O3. The second-order valence-electron chi connectivity index (χ2n) is 7.21. The van der Waals surface area contributed by atoms with E-state index in [-0.39, 0.29) is 36.7 Å². The normalized spacial score (nSPS) is 17.1. The third-order valence-corrected chi connectivity index (χ3v) is 5.03. The number of carbonyl (C=O) groups is 3. The second-order valence-corrected chi connectivity index (χ2v) is 7.65. The molecule has 1 aromatic carbocycles. The van der Waals surface area contributed by atoms with Gasteiger partial charge in [-0.15, -0.1) is 0 Å². The Balaban J connectivity index is 1.39. The average Bonchev–Trinajstić information content (AvgIpc) is 3.46. The molecule has 0 unspecified atom stereocenters. The molecule has 1 heterocycles. The number of hydrogen-bond acceptors (Lipinski definition) is 4. The van der Waals surface area contributed by atoms with Gasteiger partial charge in [-0.1, -0.05) is 17.7 Å². The van der Waals surface area contributed by atoms with Crippen molar-refractivity contribution in [1.82, 2.24) is 14.7 Å². The van der Waals surface area contributed by atoms with Crippen LogP contribution < -0.4 is 5.32 Å². The largest absolute Gasteiger partial charge is 0.339 e. The fourth-order valence-electron chi connectivity index (χ4n) is 3.16. The molecule has 0 aromatic heterocycles. The van der Waals surface area contributed by atoms with E-state index in [1.54, 1.807) is 41.1 Å². The first-order valence-corrected chi connectivity index (χ1v) is 9.60. The highest BCUT2D eigenvalue weighted by atomic mass is 35.5. The van der Waals surface area contributed by atoms with Gasteiger partial charge in [-0.3, -0.25) is 19.3 Å². The number of anilines is 1. The lowest BCUT2D eigenvalue weighted by molar-refractivity contribution is -0.140. The van der Waals surface area contributed by atoms with Crippen LogP contribution >= 0.6 is 11.6 Å². The van der Waals surface area contributed by atoms with Crippen molar-refractivity contribution in [3.05, 3.63) is 29.3 Å². The first-order valence-electron chi connectivity index (χ1n) is 9.23. The predicted molar refractivity (Wildman–Crippen MR) is 103 cm³/mol. The smallest absolute Gasteiger partial charge is 0.238 e. The van der Waals surface area contributed by atoms with Crippen molar-refractivity contribution in [2.75, 3.05) is 51.6 Å². The number of carbonyl (C=O) groups excluding carboxylic acids is 3. The Morgan fingerprint density at radius 2 is 1.78 bits per heavy atom. The van der Waals surface area contributed by atoms with Crippen LogP contribution in [0.2, 0.25) is 5.02 Å². The van der Waals surface area contributed by atoms with E-state index >= 15 is 0 Å². The van der Waals surface area contributed by atoms with Crippen LogP contribution in [0, 0.1) is 5.92 Å². The quantitative estimate of drug-likeness (QED) is 0.791. The maximum absolute atomic E-state index is 12.4. The summed E-state index contributed by atoms with van der Waals surface area (Å²) in [6, 6.07) is 6.93. The summed E-state index contributed by atoms with van der Waals surface area (Å²) in [5, 5.41) is 3.32. The van der Waals surface area contributed by atoms with Crippen molar-refractivity contribution in [2.24, 2.45) is 5.92 Å². The number of rotatable bonds is 6. The molecule has 1 saturated heterocycles. The van der Waals surface area contributed by atoms with Crippen molar-refractivity contribution >= 4 is 35.0 Å². The van der Waals surface area contributed by atoms with E-state index in [0.717, 1.165) is 12.8 Å². The van der Waals surface area contributed by atoms with Gasteiger partial charge in [0.1, 0.15) is 0 Å². The molecule has 3 amide bonds. The predicted octanol–water partition coefficient (Wildman–Crippen LogP) is 1.29. The summed E-state index contributed by atoms with van der Waals surface area (Å²) < 4.78 is 0. The zero-order valence-corrected chi connectivity index (χ0v) is 16.2. The van der Waals surface area contributed by atoms with E-state index in [1.807, 2.05) is 4.90 Å². The van der Waals surface area contributed by atoms with Crippen LogP contribution in [-0.2, 0) is 14.4 Å². The van der Waals surface area contributed by atoms with Gasteiger partial charge in [0, 0.05) is 42.8 Å². The molecule has 1 aromatic rings. The van der Waals surface area contributed by atoms with E-state index in [1.165, 1.54) is 0 Å². The fourth-order valence-corrected chi connectivity index (χ4v) is 3.35. The van der Waals surface area contributed by atoms with Crippen LogP contribution in [0.1, 0.15) is 12.8 Å². The highest BCUT2D eigenvalue weighted by Crippen LogP contribution is 2.31. The minimum atomic E-state index is -0.201. The van der Waals surface area contributed by atoms with Crippen molar-refractivity contribution in [3.63, 3.8) is 0 Å². The molecule has 2 aliphatic rings. The average molecular weight is 393 g/mol. The molecule has 0 atom stereocenters. The molecule has 1 N–H and O–H groups in total. The fraction of sp³-hybridized carbons (Fsp3) is 0.526. The lowest BCUT2D eigenvalue weighted by atomic mass is 10.2. The summed E-state index contributed by atoms with van der Waals surface area (Å²) in [5.74, 6) is 0.229. The van der Waals surface area contributed by atoms with Crippen molar-refractivity contribution in [3.8, 4) is 0 Å². The van der Waals surface area contributed by atoms with E-state index in [4.69, 9.17) is 11.6 Å². The molecule has 27 heavy (non-hydrogen) atoms. The van der Waals surface area contributed by atoms with Gasteiger partial charge in [-0.05, 0) is 38.1 Å². The standard InChI is InChI=1S/C19H25ClN4O3/c1-22(12-17(25)21-16-4-2-3-15(20)11-16)13-18(26)23-7-9-24(10-8-23)19(27)14-5-6-14/h2-4,11,14H,5-10,12-13H2,1H3,(H,21,25). The topological polar surface area (TPSA) is 73.0 Å². The lowest BCUT2D eigenvalue weighted by Gasteiger charge is -2.35. The number of halogens is 1. The number of nitrogens with zero attached hydrogens (tertiary/aromatic N) is 3. The zero-order valence-electron chi connectivity index (χ0n) is 15.5. The minimum Gasteiger partial charge on any atom is -0.339 e. The minimum absolute atomic E-state index is 0.0217. The number of hydrogen-bond donors (Lipinski definition) is 1. The molecule has 7 nitrogen and oxygen atoms in total. The summed E-state index contributed by atoms with van der Waals surface area (Å²) >= 11 is 5.90. The monoisotopic (exact) mass is 392 g/mol. The first kappa shape index (κ1) is 19.6.